The first-order valence-corrected chi connectivity index (χ1v) is 6.22. The van der Waals surface area contributed by atoms with Gasteiger partial charge in [-0.05, 0) is 34.1 Å². The molecular weight excluding hydrogens is 341 g/mol. The SMILES string of the molecule is O=C(Nc1cc(Br)c(F)cc1F)c1ccc(Cl)nc1. The lowest BCUT2D eigenvalue weighted by molar-refractivity contribution is 0.102. The first-order chi connectivity index (χ1) is 8.97. The van der Waals surface area contributed by atoms with Gasteiger partial charge in [-0.3, -0.25) is 4.79 Å². The second kappa shape index (κ2) is 5.63. The highest BCUT2D eigenvalue weighted by molar-refractivity contribution is 9.10. The summed E-state index contributed by atoms with van der Waals surface area (Å²) < 4.78 is 26.6. The minimum Gasteiger partial charge on any atom is -0.319 e. The van der Waals surface area contributed by atoms with E-state index in [4.69, 9.17) is 11.6 Å². The van der Waals surface area contributed by atoms with Gasteiger partial charge in [0.1, 0.15) is 16.8 Å². The first-order valence-electron chi connectivity index (χ1n) is 5.05. The Morgan fingerprint density at radius 2 is 2.00 bits per heavy atom. The number of nitrogens with zero attached hydrogens (tertiary/aromatic N) is 1. The molecule has 0 atom stereocenters. The van der Waals surface area contributed by atoms with Gasteiger partial charge in [0.15, 0.2) is 0 Å². The summed E-state index contributed by atoms with van der Waals surface area (Å²) in [5, 5.41) is 2.56. The van der Waals surface area contributed by atoms with E-state index >= 15 is 0 Å². The molecule has 19 heavy (non-hydrogen) atoms. The fraction of sp³-hybridized carbons (Fsp3) is 0. The van der Waals surface area contributed by atoms with E-state index in [-0.39, 0.29) is 20.9 Å². The fourth-order valence-corrected chi connectivity index (χ4v) is 1.78. The second-order valence-electron chi connectivity index (χ2n) is 3.57. The molecule has 1 aromatic heterocycles. The fourth-order valence-electron chi connectivity index (χ4n) is 1.32. The summed E-state index contributed by atoms with van der Waals surface area (Å²) in [6, 6.07) is 4.71. The summed E-state index contributed by atoms with van der Waals surface area (Å²) >= 11 is 8.50. The van der Waals surface area contributed by atoms with E-state index in [1.807, 2.05) is 0 Å². The highest BCUT2D eigenvalue weighted by Crippen LogP contribution is 2.24. The monoisotopic (exact) mass is 346 g/mol. The van der Waals surface area contributed by atoms with Gasteiger partial charge < -0.3 is 5.32 Å². The van der Waals surface area contributed by atoms with Crippen LogP contribution in [0.4, 0.5) is 14.5 Å². The number of amides is 1. The molecule has 0 saturated carbocycles. The van der Waals surface area contributed by atoms with Gasteiger partial charge >= 0.3 is 0 Å². The minimum absolute atomic E-state index is 0.0541. The van der Waals surface area contributed by atoms with Crippen LogP contribution in [-0.4, -0.2) is 10.9 Å². The van der Waals surface area contributed by atoms with Gasteiger partial charge in [0.2, 0.25) is 0 Å². The molecule has 0 aliphatic heterocycles. The van der Waals surface area contributed by atoms with Crippen LogP contribution in [0.15, 0.2) is 34.9 Å². The molecule has 0 aliphatic rings. The molecule has 7 heteroatoms. The van der Waals surface area contributed by atoms with Gasteiger partial charge in [-0.25, -0.2) is 13.8 Å². The third-order valence-corrected chi connectivity index (χ3v) is 3.08. The summed E-state index contributed by atoms with van der Waals surface area (Å²) in [7, 11) is 0. The molecule has 0 unspecified atom stereocenters. The Morgan fingerprint density at radius 3 is 2.63 bits per heavy atom. The lowest BCUT2D eigenvalue weighted by Gasteiger charge is -2.07. The van der Waals surface area contributed by atoms with E-state index in [1.165, 1.54) is 18.3 Å². The number of rotatable bonds is 2. The number of carbonyl (C=O) groups is 1. The number of aromatic nitrogens is 1. The van der Waals surface area contributed by atoms with Crippen LogP contribution >= 0.6 is 27.5 Å². The molecule has 1 aromatic carbocycles. The van der Waals surface area contributed by atoms with Crippen LogP contribution in [0.3, 0.4) is 0 Å². The van der Waals surface area contributed by atoms with Gasteiger partial charge in [0.05, 0.1) is 15.7 Å². The van der Waals surface area contributed by atoms with E-state index in [0.29, 0.717) is 6.07 Å². The van der Waals surface area contributed by atoms with Gasteiger partial charge in [0.25, 0.3) is 5.91 Å². The Bertz CT molecular complexity index is 634. The van der Waals surface area contributed by atoms with Crippen LogP contribution < -0.4 is 5.32 Å². The van der Waals surface area contributed by atoms with E-state index < -0.39 is 17.5 Å². The number of halogens is 4. The zero-order valence-corrected chi connectivity index (χ0v) is 11.6. The van der Waals surface area contributed by atoms with Gasteiger partial charge in [0, 0.05) is 12.3 Å². The third-order valence-electron chi connectivity index (χ3n) is 2.25. The van der Waals surface area contributed by atoms with E-state index in [0.717, 1.165) is 6.07 Å². The molecule has 3 nitrogen and oxygen atoms in total. The number of anilines is 1. The molecule has 0 radical (unpaired) electrons. The minimum atomic E-state index is -0.865. The summed E-state index contributed by atoms with van der Waals surface area (Å²) in [6.45, 7) is 0. The molecule has 98 valence electrons. The van der Waals surface area contributed by atoms with Gasteiger partial charge in [-0.1, -0.05) is 11.6 Å². The lowest BCUT2D eigenvalue weighted by atomic mass is 10.2. The number of nitrogens with one attached hydrogen (secondary N) is 1. The largest absolute Gasteiger partial charge is 0.319 e. The van der Waals surface area contributed by atoms with E-state index in [1.54, 1.807) is 0 Å². The Balaban J connectivity index is 2.24. The van der Waals surface area contributed by atoms with Crippen molar-refractivity contribution in [3.63, 3.8) is 0 Å². The zero-order valence-electron chi connectivity index (χ0n) is 9.25. The maximum absolute atomic E-state index is 13.5. The van der Waals surface area contributed by atoms with Gasteiger partial charge in [-0.2, -0.15) is 0 Å². The van der Waals surface area contributed by atoms with Crippen molar-refractivity contribution >= 4 is 39.1 Å². The molecule has 0 bridgehead atoms. The number of benzene rings is 1. The van der Waals surface area contributed by atoms with Crippen LogP contribution in [0, 0.1) is 11.6 Å². The van der Waals surface area contributed by atoms with Crippen molar-refractivity contribution in [2.24, 2.45) is 0 Å². The number of carbonyl (C=O) groups excluding carboxylic acids is 1. The molecule has 0 spiro atoms. The molecular formula is C12H6BrClF2N2O. The van der Waals surface area contributed by atoms with E-state index in [9.17, 15) is 13.6 Å². The smallest absolute Gasteiger partial charge is 0.257 e. The predicted octanol–water partition coefficient (Wildman–Crippen LogP) is 4.03. The van der Waals surface area contributed by atoms with E-state index in [2.05, 4.69) is 26.2 Å². The van der Waals surface area contributed by atoms with Crippen molar-refractivity contribution in [1.82, 2.24) is 4.98 Å². The Labute approximate surface area is 120 Å². The van der Waals surface area contributed by atoms with Crippen molar-refractivity contribution in [2.75, 3.05) is 5.32 Å². The van der Waals surface area contributed by atoms with Crippen LogP contribution in [0.5, 0.6) is 0 Å². The van der Waals surface area contributed by atoms with Crippen molar-refractivity contribution in [2.45, 2.75) is 0 Å². The standard InChI is InChI=1S/C12H6BrClF2N2O/c13-7-3-10(9(16)4-8(7)15)18-12(19)6-1-2-11(14)17-5-6/h1-5H,(H,18,19). The Kier molecular flexibility index (Phi) is 4.11. The Hall–Kier alpha value is -1.53. The van der Waals surface area contributed by atoms with Crippen LogP contribution in [-0.2, 0) is 0 Å². The topological polar surface area (TPSA) is 42.0 Å². The molecule has 0 fully saturated rings. The van der Waals surface area contributed by atoms with Crippen molar-refractivity contribution in [1.29, 1.82) is 0 Å². The zero-order chi connectivity index (χ0) is 14.0. The summed E-state index contributed by atoms with van der Waals surface area (Å²) in [4.78, 5) is 15.5. The molecule has 1 N–H and O–H groups in total. The molecule has 2 rings (SSSR count). The third kappa shape index (κ3) is 3.27. The average molecular weight is 348 g/mol. The van der Waals surface area contributed by atoms with Crippen molar-refractivity contribution in [3.8, 4) is 0 Å². The quantitative estimate of drug-likeness (QED) is 0.658. The number of hydrogen-bond donors (Lipinski definition) is 1. The van der Waals surface area contributed by atoms with Crippen molar-refractivity contribution in [3.05, 3.63) is 57.3 Å². The molecule has 0 aliphatic carbocycles. The first kappa shape index (κ1) is 13.9. The van der Waals surface area contributed by atoms with Crippen molar-refractivity contribution < 1.29 is 13.6 Å². The molecule has 0 saturated heterocycles. The summed E-state index contributed by atoms with van der Waals surface area (Å²) in [6.07, 6.45) is 1.26. The lowest BCUT2D eigenvalue weighted by Crippen LogP contribution is -2.13. The maximum atomic E-state index is 13.5. The maximum Gasteiger partial charge on any atom is 0.257 e. The number of pyridine rings is 1. The van der Waals surface area contributed by atoms with Crippen LogP contribution in [0.25, 0.3) is 0 Å². The normalized spacial score (nSPS) is 10.3. The Morgan fingerprint density at radius 1 is 1.26 bits per heavy atom. The summed E-state index contributed by atoms with van der Waals surface area (Å²) in [5.74, 6) is -2.18. The highest BCUT2D eigenvalue weighted by Gasteiger charge is 2.12. The van der Waals surface area contributed by atoms with Crippen LogP contribution in [0.2, 0.25) is 5.15 Å². The molecule has 1 heterocycles. The molecule has 2 aromatic rings. The average Bonchev–Trinajstić information content (AvgIpc) is 2.36. The van der Waals surface area contributed by atoms with Gasteiger partial charge in [-0.15, -0.1) is 0 Å². The second-order valence-corrected chi connectivity index (χ2v) is 4.81. The molecule has 1 amide bonds. The highest BCUT2D eigenvalue weighted by atomic mass is 79.9. The number of hydrogen-bond acceptors (Lipinski definition) is 2. The van der Waals surface area contributed by atoms with Crippen LogP contribution in [0.1, 0.15) is 10.4 Å². The summed E-state index contributed by atoms with van der Waals surface area (Å²) in [5.41, 5.74) is 0.0810. The predicted molar refractivity (Wildman–Crippen MR) is 71.3 cm³/mol.